The minimum absolute atomic E-state index is 0.00859. The summed E-state index contributed by atoms with van der Waals surface area (Å²) in [7, 11) is 0. The molecule has 1 aromatic rings. The first-order valence-electron chi connectivity index (χ1n) is 4.71. The third kappa shape index (κ3) is 4.10. The zero-order chi connectivity index (χ0) is 11.3. The van der Waals surface area contributed by atoms with Gasteiger partial charge in [0.25, 0.3) is 0 Å². The Morgan fingerprint density at radius 2 is 2.20 bits per heavy atom. The molecule has 0 heterocycles. The van der Waals surface area contributed by atoms with E-state index in [-0.39, 0.29) is 11.8 Å². The number of hydrogen-bond donors (Lipinski definition) is 1. The summed E-state index contributed by atoms with van der Waals surface area (Å²) >= 11 is 11.3. The Labute approximate surface area is 99.6 Å². The van der Waals surface area contributed by atoms with Gasteiger partial charge in [0, 0.05) is 11.6 Å². The SMILES string of the molecule is Cc1ccc(CCNC(=O)CCl)cc1Cl. The lowest BCUT2D eigenvalue weighted by Gasteiger charge is -2.05. The summed E-state index contributed by atoms with van der Waals surface area (Å²) in [6.07, 6.45) is 0.766. The van der Waals surface area contributed by atoms with Crippen LogP contribution in [-0.4, -0.2) is 18.3 Å². The van der Waals surface area contributed by atoms with E-state index in [1.165, 1.54) is 0 Å². The molecule has 1 N–H and O–H groups in total. The van der Waals surface area contributed by atoms with Gasteiger partial charge in [-0.1, -0.05) is 23.7 Å². The molecule has 0 spiro atoms. The third-order valence-corrected chi connectivity index (χ3v) is 2.74. The van der Waals surface area contributed by atoms with E-state index in [2.05, 4.69) is 5.32 Å². The van der Waals surface area contributed by atoms with Gasteiger partial charge in [0.1, 0.15) is 5.88 Å². The molecule has 0 bridgehead atoms. The fourth-order valence-electron chi connectivity index (χ4n) is 1.19. The average Bonchev–Trinajstić information content (AvgIpc) is 2.23. The van der Waals surface area contributed by atoms with Gasteiger partial charge in [-0.3, -0.25) is 4.79 Å². The highest BCUT2D eigenvalue weighted by molar-refractivity contribution is 6.31. The van der Waals surface area contributed by atoms with E-state index in [4.69, 9.17) is 23.2 Å². The summed E-state index contributed by atoms with van der Waals surface area (Å²) in [6.45, 7) is 2.55. The molecule has 82 valence electrons. The second-order valence-corrected chi connectivity index (χ2v) is 3.99. The Morgan fingerprint density at radius 3 is 2.80 bits per heavy atom. The Kier molecular flexibility index (Phi) is 4.92. The average molecular weight is 246 g/mol. The standard InChI is InChI=1S/C11H13Cl2NO/c1-8-2-3-9(6-10(8)13)4-5-14-11(15)7-12/h2-3,6H,4-5,7H2,1H3,(H,14,15). The summed E-state index contributed by atoms with van der Waals surface area (Å²) in [5.74, 6) is -0.135. The normalized spacial score (nSPS) is 10.1. The molecular weight excluding hydrogens is 233 g/mol. The van der Waals surface area contributed by atoms with Crippen molar-refractivity contribution in [3.8, 4) is 0 Å². The van der Waals surface area contributed by atoms with Crippen molar-refractivity contribution in [1.82, 2.24) is 5.32 Å². The molecule has 0 radical (unpaired) electrons. The van der Waals surface area contributed by atoms with Gasteiger partial charge in [-0.25, -0.2) is 0 Å². The first-order chi connectivity index (χ1) is 7.13. The van der Waals surface area contributed by atoms with Crippen LogP contribution >= 0.6 is 23.2 Å². The van der Waals surface area contributed by atoms with E-state index >= 15 is 0 Å². The van der Waals surface area contributed by atoms with Gasteiger partial charge in [0.2, 0.25) is 5.91 Å². The highest BCUT2D eigenvalue weighted by Crippen LogP contribution is 2.16. The van der Waals surface area contributed by atoms with Crippen LogP contribution in [0.25, 0.3) is 0 Å². The summed E-state index contributed by atoms with van der Waals surface area (Å²) in [4.78, 5) is 10.9. The molecule has 0 saturated carbocycles. The lowest BCUT2D eigenvalue weighted by atomic mass is 10.1. The van der Waals surface area contributed by atoms with E-state index in [9.17, 15) is 4.79 Å². The molecule has 0 saturated heterocycles. The van der Waals surface area contributed by atoms with Crippen molar-refractivity contribution in [2.75, 3.05) is 12.4 Å². The number of carbonyl (C=O) groups is 1. The highest BCUT2D eigenvalue weighted by atomic mass is 35.5. The van der Waals surface area contributed by atoms with Gasteiger partial charge >= 0.3 is 0 Å². The van der Waals surface area contributed by atoms with E-state index < -0.39 is 0 Å². The maximum absolute atomic E-state index is 10.9. The topological polar surface area (TPSA) is 29.1 Å². The number of halogens is 2. The fourth-order valence-corrected chi connectivity index (χ4v) is 1.48. The van der Waals surface area contributed by atoms with Crippen LogP contribution in [0.4, 0.5) is 0 Å². The lowest BCUT2D eigenvalue weighted by Crippen LogP contribution is -2.26. The Hall–Kier alpha value is -0.730. The molecular formula is C11H13Cl2NO. The van der Waals surface area contributed by atoms with Gasteiger partial charge in [-0.15, -0.1) is 11.6 Å². The van der Waals surface area contributed by atoms with Crippen LogP contribution in [0.3, 0.4) is 0 Å². The van der Waals surface area contributed by atoms with Crippen LogP contribution in [0.5, 0.6) is 0 Å². The van der Waals surface area contributed by atoms with Gasteiger partial charge < -0.3 is 5.32 Å². The molecule has 0 aromatic heterocycles. The van der Waals surface area contributed by atoms with E-state index in [1.54, 1.807) is 0 Å². The predicted octanol–water partition coefficient (Wildman–Crippen LogP) is 2.55. The minimum atomic E-state index is -0.144. The molecule has 1 rings (SSSR count). The Balaban J connectivity index is 2.44. The van der Waals surface area contributed by atoms with Crippen molar-refractivity contribution in [3.05, 3.63) is 34.3 Å². The molecule has 0 atom stereocenters. The molecule has 0 aliphatic heterocycles. The molecule has 4 heteroatoms. The molecule has 2 nitrogen and oxygen atoms in total. The zero-order valence-electron chi connectivity index (χ0n) is 8.52. The maximum atomic E-state index is 10.9. The molecule has 0 aliphatic rings. The van der Waals surface area contributed by atoms with Crippen LogP contribution in [-0.2, 0) is 11.2 Å². The van der Waals surface area contributed by atoms with Crippen molar-refractivity contribution >= 4 is 29.1 Å². The number of benzene rings is 1. The number of nitrogens with one attached hydrogen (secondary N) is 1. The molecule has 0 aliphatic carbocycles. The first kappa shape index (κ1) is 12.3. The lowest BCUT2D eigenvalue weighted by molar-refractivity contribution is -0.118. The van der Waals surface area contributed by atoms with E-state index in [0.29, 0.717) is 6.54 Å². The largest absolute Gasteiger partial charge is 0.355 e. The van der Waals surface area contributed by atoms with Crippen molar-refractivity contribution in [2.24, 2.45) is 0 Å². The smallest absolute Gasteiger partial charge is 0.234 e. The van der Waals surface area contributed by atoms with Crippen LogP contribution in [0.15, 0.2) is 18.2 Å². The van der Waals surface area contributed by atoms with E-state index in [0.717, 1.165) is 22.6 Å². The predicted molar refractivity (Wildman–Crippen MR) is 63.6 cm³/mol. The molecule has 1 aromatic carbocycles. The second-order valence-electron chi connectivity index (χ2n) is 3.32. The van der Waals surface area contributed by atoms with Crippen LogP contribution < -0.4 is 5.32 Å². The van der Waals surface area contributed by atoms with Crippen LogP contribution in [0.2, 0.25) is 5.02 Å². The summed E-state index contributed by atoms with van der Waals surface area (Å²) < 4.78 is 0. The number of rotatable bonds is 4. The quantitative estimate of drug-likeness (QED) is 0.812. The Morgan fingerprint density at radius 1 is 1.47 bits per heavy atom. The number of hydrogen-bond acceptors (Lipinski definition) is 1. The van der Waals surface area contributed by atoms with Gasteiger partial charge in [-0.2, -0.15) is 0 Å². The monoisotopic (exact) mass is 245 g/mol. The molecule has 0 fully saturated rings. The summed E-state index contributed by atoms with van der Waals surface area (Å²) in [6, 6.07) is 5.90. The highest BCUT2D eigenvalue weighted by Gasteiger charge is 2.00. The molecule has 15 heavy (non-hydrogen) atoms. The maximum Gasteiger partial charge on any atom is 0.234 e. The minimum Gasteiger partial charge on any atom is -0.355 e. The second kappa shape index (κ2) is 5.99. The van der Waals surface area contributed by atoms with Crippen molar-refractivity contribution in [2.45, 2.75) is 13.3 Å². The van der Waals surface area contributed by atoms with Crippen LogP contribution in [0.1, 0.15) is 11.1 Å². The van der Waals surface area contributed by atoms with Crippen LogP contribution in [0, 0.1) is 6.92 Å². The Bertz CT molecular complexity index is 352. The zero-order valence-corrected chi connectivity index (χ0v) is 10.0. The number of aryl methyl sites for hydroxylation is 1. The number of alkyl halides is 1. The summed E-state index contributed by atoms with van der Waals surface area (Å²) in [5.41, 5.74) is 2.17. The van der Waals surface area contributed by atoms with Gasteiger partial charge in [-0.05, 0) is 30.5 Å². The van der Waals surface area contributed by atoms with Crippen molar-refractivity contribution in [3.63, 3.8) is 0 Å². The summed E-state index contributed by atoms with van der Waals surface area (Å²) in [5, 5.41) is 3.46. The van der Waals surface area contributed by atoms with Gasteiger partial charge in [0.05, 0.1) is 0 Å². The molecule has 0 unspecified atom stereocenters. The van der Waals surface area contributed by atoms with Crippen molar-refractivity contribution < 1.29 is 4.79 Å². The fraction of sp³-hybridized carbons (Fsp3) is 0.364. The number of carbonyl (C=O) groups excluding carboxylic acids is 1. The third-order valence-electron chi connectivity index (χ3n) is 2.09. The first-order valence-corrected chi connectivity index (χ1v) is 5.62. The van der Waals surface area contributed by atoms with Crippen molar-refractivity contribution in [1.29, 1.82) is 0 Å². The van der Waals surface area contributed by atoms with Gasteiger partial charge in [0.15, 0.2) is 0 Å². The van der Waals surface area contributed by atoms with E-state index in [1.807, 2.05) is 25.1 Å². The number of amides is 1. The molecule has 1 amide bonds.